The molecule has 9 heteroatoms. The fourth-order valence-electron chi connectivity index (χ4n) is 3.11. The number of carbonyl (C=O) groups excluding carboxylic acids is 3. The van der Waals surface area contributed by atoms with Crippen LogP contribution < -0.4 is 16.4 Å². The highest BCUT2D eigenvalue weighted by atomic mass is 16.6. The van der Waals surface area contributed by atoms with Crippen molar-refractivity contribution in [3.05, 3.63) is 0 Å². The normalized spacial score (nSPS) is 30.2. The van der Waals surface area contributed by atoms with Crippen LogP contribution in [0.4, 0.5) is 0 Å². The summed E-state index contributed by atoms with van der Waals surface area (Å²) in [6, 6.07) is -2.01. The van der Waals surface area contributed by atoms with Gasteiger partial charge in [0.05, 0.1) is 6.04 Å². The van der Waals surface area contributed by atoms with Gasteiger partial charge in [-0.3, -0.25) is 14.4 Å². The summed E-state index contributed by atoms with van der Waals surface area (Å²) in [4.78, 5) is 46.8. The topological polar surface area (TPSA) is 148 Å². The van der Waals surface area contributed by atoms with Gasteiger partial charge in [0.2, 0.25) is 5.91 Å². The second-order valence-electron chi connectivity index (χ2n) is 7.30. The average molecular weight is 369 g/mol. The fraction of sp³-hybridized carbons (Fsp3) is 0.765. The third kappa shape index (κ3) is 4.51. The van der Waals surface area contributed by atoms with Gasteiger partial charge in [-0.15, -0.1) is 0 Å². The molecule has 1 saturated heterocycles. The van der Waals surface area contributed by atoms with Gasteiger partial charge in [-0.1, -0.05) is 20.3 Å². The molecule has 2 fully saturated rings. The number of carbonyl (C=O) groups is 4. The molecule has 7 atom stereocenters. The maximum absolute atomic E-state index is 12.3. The van der Waals surface area contributed by atoms with Crippen LogP contribution >= 0.6 is 0 Å². The summed E-state index contributed by atoms with van der Waals surface area (Å²) in [5, 5.41) is 14.4. The lowest BCUT2D eigenvalue weighted by Crippen LogP contribution is -2.56. The van der Waals surface area contributed by atoms with Crippen molar-refractivity contribution in [2.24, 2.45) is 23.5 Å². The summed E-state index contributed by atoms with van der Waals surface area (Å²) in [5.41, 5.74) is 5.44. The van der Waals surface area contributed by atoms with Crippen LogP contribution in [0.2, 0.25) is 0 Å². The van der Waals surface area contributed by atoms with Crippen molar-refractivity contribution in [1.82, 2.24) is 10.6 Å². The van der Waals surface area contributed by atoms with Crippen LogP contribution in [0, 0.1) is 17.8 Å². The van der Waals surface area contributed by atoms with E-state index in [1.54, 1.807) is 0 Å². The van der Waals surface area contributed by atoms with Crippen molar-refractivity contribution in [3.8, 4) is 0 Å². The van der Waals surface area contributed by atoms with Crippen LogP contribution in [0.1, 0.15) is 40.0 Å². The van der Waals surface area contributed by atoms with Crippen molar-refractivity contribution in [2.45, 2.75) is 64.3 Å². The Labute approximate surface area is 152 Å². The molecule has 9 nitrogen and oxygen atoms in total. The number of nitrogens with one attached hydrogen (secondary N) is 2. The van der Waals surface area contributed by atoms with Gasteiger partial charge in [-0.25, -0.2) is 4.79 Å². The summed E-state index contributed by atoms with van der Waals surface area (Å²) in [5.74, 6) is -2.77. The minimum atomic E-state index is -1.14. The smallest absolute Gasteiger partial charge is 0.326 e. The Bertz CT molecular complexity index is 593. The molecular weight excluding hydrogens is 342 g/mol. The number of aliphatic carboxylic acids is 1. The lowest BCUT2D eigenvalue weighted by molar-refractivity contribution is -0.193. The maximum Gasteiger partial charge on any atom is 0.326 e. The molecule has 26 heavy (non-hydrogen) atoms. The molecule has 2 amide bonds. The molecule has 0 aromatic rings. The minimum Gasteiger partial charge on any atom is -0.480 e. The lowest BCUT2D eigenvalue weighted by Gasteiger charge is -2.37. The Balaban J connectivity index is 1.82. The van der Waals surface area contributed by atoms with Gasteiger partial charge in [0, 0.05) is 6.04 Å². The molecule has 1 saturated carbocycles. The van der Waals surface area contributed by atoms with E-state index >= 15 is 0 Å². The van der Waals surface area contributed by atoms with E-state index in [0.717, 1.165) is 6.42 Å². The highest BCUT2D eigenvalue weighted by Gasteiger charge is 2.51. The van der Waals surface area contributed by atoms with E-state index in [0.29, 0.717) is 6.42 Å². The zero-order chi connectivity index (χ0) is 19.6. The summed E-state index contributed by atoms with van der Waals surface area (Å²) in [6.07, 6.45) is 0.831. The molecule has 0 spiro atoms. The number of amides is 2. The number of rotatable bonds is 9. The van der Waals surface area contributed by atoms with Crippen molar-refractivity contribution in [1.29, 1.82) is 0 Å². The molecule has 1 aliphatic heterocycles. The molecule has 146 valence electrons. The first-order valence-corrected chi connectivity index (χ1v) is 8.95. The Morgan fingerprint density at radius 2 is 2.00 bits per heavy atom. The van der Waals surface area contributed by atoms with Gasteiger partial charge in [-0.2, -0.15) is 0 Å². The van der Waals surface area contributed by atoms with Crippen LogP contribution in [0.25, 0.3) is 0 Å². The van der Waals surface area contributed by atoms with Gasteiger partial charge < -0.3 is 26.2 Å². The zero-order valence-corrected chi connectivity index (χ0v) is 15.2. The lowest BCUT2D eigenvalue weighted by atomic mass is 9.83. The number of nitrogens with two attached hydrogens (primary N) is 1. The molecule has 0 aromatic carbocycles. The second kappa shape index (κ2) is 8.03. The quantitative estimate of drug-likeness (QED) is 0.396. The minimum absolute atomic E-state index is 0.0498. The van der Waals surface area contributed by atoms with Crippen molar-refractivity contribution >= 4 is 23.8 Å². The SMILES string of the molecule is CC[C@H](C)[C@@H]1C(=O)O[C@H]1C(=O)N[C@@H]1C[C@H]1C[C@H](NC(=O)[C@H](C)N)C(=O)O. The molecule has 0 radical (unpaired) electrons. The number of carboxylic acid groups (broad SMARTS) is 1. The van der Waals surface area contributed by atoms with Gasteiger partial charge in [0.15, 0.2) is 6.10 Å². The van der Waals surface area contributed by atoms with E-state index in [1.165, 1.54) is 6.92 Å². The number of carboxylic acids is 1. The average Bonchev–Trinajstić information content (AvgIpc) is 3.28. The van der Waals surface area contributed by atoms with Crippen LogP contribution in [-0.2, 0) is 23.9 Å². The van der Waals surface area contributed by atoms with Crippen LogP contribution in [0.5, 0.6) is 0 Å². The van der Waals surface area contributed by atoms with E-state index in [2.05, 4.69) is 10.6 Å². The van der Waals surface area contributed by atoms with Crippen molar-refractivity contribution in [2.75, 3.05) is 0 Å². The number of cyclic esters (lactones) is 1. The Kier molecular flexibility index (Phi) is 6.22. The van der Waals surface area contributed by atoms with Crippen LogP contribution in [-0.4, -0.2) is 53.1 Å². The number of ether oxygens (including phenoxy) is 1. The van der Waals surface area contributed by atoms with E-state index in [4.69, 9.17) is 10.5 Å². The van der Waals surface area contributed by atoms with Crippen LogP contribution in [0.15, 0.2) is 0 Å². The summed E-state index contributed by atoms with van der Waals surface area (Å²) >= 11 is 0. The third-order valence-electron chi connectivity index (χ3n) is 5.17. The Morgan fingerprint density at radius 1 is 1.35 bits per heavy atom. The highest BCUT2D eigenvalue weighted by Crippen LogP contribution is 2.37. The molecule has 1 aliphatic carbocycles. The number of esters is 1. The number of hydrogen-bond donors (Lipinski definition) is 4. The monoisotopic (exact) mass is 369 g/mol. The fourth-order valence-corrected chi connectivity index (χ4v) is 3.11. The predicted octanol–water partition coefficient (Wildman–Crippen LogP) is -0.614. The Morgan fingerprint density at radius 3 is 2.50 bits per heavy atom. The first-order chi connectivity index (χ1) is 12.1. The van der Waals surface area contributed by atoms with Gasteiger partial charge in [-0.05, 0) is 31.6 Å². The van der Waals surface area contributed by atoms with Gasteiger partial charge in [0.1, 0.15) is 12.0 Å². The summed E-state index contributed by atoms with van der Waals surface area (Å²) in [7, 11) is 0. The molecule has 0 bridgehead atoms. The molecule has 2 rings (SSSR count). The highest BCUT2D eigenvalue weighted by molar-refractivity contribution is 5.94. The van der Waals surface area contributed by atoms with E-state index in [1.807, 2.05) is 13.8 Å². The summed E-state index contributed by atoms with van der Waals surface area (Å²) < 4.78 is 4.98. The predicted molar refractivity (Wildman–Crippen MR) is 90.7 cm³/mol. The van der Waals surface area contributed by atoms with E-state index < -0.39 is 36.0 Å². The van der Waals surface area contributed by atoms with Crippen molar-refractivity contribution in [3.63, 3.8) is 0 Å². The molecule has 2 aliphatic rings. The zero-order valence-electron chi connectivity index (χ0n) is 15.2. The first kappa shape index (κ1) is 20.2. The van der Waals surface area contributed by atoms with Crippen molar-refractivity contribution < 1.29 is 29.0 Å². The molecule has 0 aromatic heterocycles. The molecular formula is C17H27N3O6. The molecule has 0 unspecified atom stereocenters. The molecule has 1 heterocycles. The molecule has 5 N–H and O–H groups in total. The second-order valence-corrected chi connectivity index (χ2v) is 7.30. The largest absolute Gasteiger partial charge is 0.480 e. The maximum atomic E-state index is 12.3. The standard InChI is InChI=1S/C17H27N3O6/c1-4-7(2)12-13(26-17(12)25)15(22)19-10-5-9(10)6-11(16(23)24)20-14(21)8(3)18/h7-13H,4-6,18H2,1-3H3,(H,19,22)(H,20,21)(H,23,24)/t7-,8-,9-,10+,11-,12-,13+/m0/s1. The van der Waals surface area contributed by atoms with E-state index in [-0.39, 0.29) is 36.2 Å². The van der Waals surface area contributed by atoms with Crippen LogP contribution in [0.3, 0.4) is 0 Å². The Hall–Kier alpha value is -2.16. The first-order valence-electron chi connectivity index (χ1n) is 8.95. The summed E-state index contributed by atoms with van der Waals surface area (Å²) in [6.45, 7) is 5.33. The van der Waals surface area contributed by atoms with Gasteiger partial charge in [0.25, 0.3) is 5.91 Å². The van der Waals surface area contributed by atoms with E-state index in [9.17, 15) is 24.3 Å². The third-order valence-corrected chi connectivity index (χ3v) is 5.17. The number of hydrogen-bond acceptors (Lipinski definition) is 6. The van der Waals surface area contributed by atoms with Gasteiger partial charge >= 0.3 is 11.9 Å².